The minimum Gasteiger partial charge on any atom is -0.497 e. The van der Waals surface area contributed by atoms with Gasteiger partial charge in [-0.3, -0.25) is 9.59 Å². The molecule has 0 fully saturated rings. The van der Waals surface area contributed by atoms with E-state index in [1.165, 1.54) is 26.5 Å². The van der Waals surface area contributed by atoms with Gasteiger partial charge in [0, 0.05) is 16.7 Å². The molecule has 202 valence electrons. The molecule has 2 N–H and O–H groups in total. The molecule has 0 aliphatic heterocycles. The van der Waals surface area contributed by atoms with Crippen LogP contribution in [0.25, 0.3) is 6.08 Å². The molecule has 10 nitrogen and oxygen atoms in total. The minimum absolute atomic E-state index is 0.0839. The molecule has 0 aliphatic rings. The van der Waals surface area contributed by atoms with Crippen molar-refractivity contribution in [3.05, 3.63) is 95.2 Å². The number of carbonyl (C=O) groups excluding carboxylic acids is 3. The number of nitrogens with one attached hydrogen (secondary N) is 2. The van der Waals surface area contributed by atoms with E-state index in [0.29, 0.717) is 33.9 Å². The van der Waals surface area contributed by atoms with Crippen molar-refractivity contribution in [2.24, 2.45) is 5.10 Å². The summed E-state index contributed by atoms with van der Waals surface area (Å²) in [5.74, 6) is -0.307. The van der Waals surface area contributed by atoms with Gasteiger partial charge in [-0.25, -0.2) is 10.2 Å². The molecule has 0 heterocycles. The highest BCUT2D eigenvalue weighted by atomic mass is 16.6. The summed E-state index contributed by atoms with van der Waals surface area (Å²) in [5.41, 5.74) is 3.70. The Labute approximate surface area is 226 Å². The van der Waals surface area contributed by atoms with E-state index in [1.807, 2.05) is 0 Å². The maximum absolute atomic E-state index is 13.2. The summed E-state index contributed by atoms with van der Waals surface area (Å²) < 4.78 is 21.1. The van der Waals surface area contributed by atoms with Crippen LogP contribution < -0.4 is 25.0 Å². The fourth-order valence-electron chi connectivity index (χ4n) is 3.33. The standard InChI is InChI=1S/C29H29N3O7/c1-4-38-27(33)19-39-26-13-9-8-12-21(26)18-30-32-29(35)24(31-28(34)20-10-6-5-7-11-20)17-22-16-23(36-2)14-15-25(22)37-3/h5-18H,4,19H2,1-3H3,(H,31,34)(H,32,35). The number of hydrazone groups is 1. The number of methoxy groups -OCH3 is 2. The SMILES string of the molecule is CCOC(=O)COc1ccccc1C=NNC(=O)C(=Cc1cc(OC)ccc1OC)NC(=O)c1ccccc1. The summed E-state index contributed by atoms with van der Waals surface area (Å²) >= 11 is 0. The number of ether oxygens (including phenoxy) is 4. The summed E-state index contributed by atoms with van der Waals surface area (Å²) in [6.07, 6.45) is 2.82. The summed E-state index contributed by atoms with van der Waals surface area (Å²) in [5, 5.41) is 6.65. The van der Waals surface area contributed by atoms with E-state index < -0.39 is 17.8 Å². The summed E-state index contributed by atoms with van der Waals surface area (Å²) in [6.45, 7) is 1.68. The average molecular weight is 532 g/mol. The van der Waals surface area contributed by atoms with E-state index in [-0.39, 0.29) is 18.9 Å². The Morgan fingerprint density at radius 2 is 1.62 bits per heavy atom. The van der Waals surface area contributed by atoms with Gasteiger partial charge in [0.25, 0.3) is 11.8 Å². The van der Waals surface area contributed by atoms with Gasteiger partial charge in [0.05, 0.1) is 27.0 Å². The lowest BCUT2D eigenvalue weighted by atomic mass is 10.1. The molecule has 0 spiro atoms. The number of esters is 1. The van der Waals surface area contributed by atoms with Gasteiger partial charge in [-0.05, 0) is 55.5 Å². The molecular formula is C29H29N3O7. The molecule has 0 radical (unpaired) electrons. The van der Waals surface area contributed by atoms with Crippen LogP contribution >= 0.6 is 0 Å². The molecule has 0 aromatic heterocycles. The van der Waals surface area contributed by atoms with Crippen molar-refractivity contribution in [1.29, 1.82) is 0 Å². The Morgan fingerprint density at radius 3 is 2.33 bits per heavy atom. The van der Waals surface area contributed by atoms with Gasteiger partial charge in [0.1, 0.15) is 22.9 Å². The molecule has 0 saturated carbocycles. The highest BCUT2D eigenvalue weighted by molar-refractivity contribution is 6.05. The molecule has 3 aromatic carbocycles. The van der Waals surface area contributed by atoms with Crippen molar-refractivity contribution in [2.75, 3.05) is 27.4 Å². The second-order valence-corrected chi connectivity index (χ2v) is 7.82. The zero-order valence-electron chi connectivity index (χ0n) is 21.8. The summed E-state index contributed by atoms with van der Waals surface area (Å²) in [4.78, 5) is 37.7. The number of hydrogen-bond acceptors (Lipinski definition) is 8. The Balaban J connectivity index is 1.84. The van der Waals surface area contributed by atoms with Crippen molar-refractivity contribution in [3.63, 3.8) is 0 Å². The predicted molar refractivity (Wildman–Crippen MR) is 146 cm³/mol. The maximum Gasteiger partial charge on any atom is 0.344 e. The van der Waals surface area contributed by atoms with Crippen molar-refractivity contribution < 1.29 is 33.3 Å². The van der Waals surface area contributed by atoms with Crippen LogP contribution in [-0.4, -0.2) is 51.4 Å². The first kappa shape index (κ1) is 28.5. The summed E-state index contributed by atoms with van der Waals surface area (Å²) in [7, 11) is 3.01. The highest BCUT2D eigenvalue weighted by Gasteiger charge is 2.16. The van der Waals surface area contributed by atoms with Crippen LogP contribution in [0.5, 0.6) is 17.2 Å². The molecule has 0 saturated heterocycles. The molecule has 3 aromatic rings. The van der Waals surface area contributed by atoms with Crippen LogP contribution in [0.2, 0.25) is 0 Å². The first-order valence-electron chi connectivity index (χ1n) is 12.0. The fourth-order valence-corrected chi connectivity index (χ4v) is 3.33. The predicted octanol–water partition coefficient (Wildman–Crippen LogP) is 3.57. The van der Waals surface area contributed by atoms with Gasteiger partial charge in [-0.2, -0.15) is 5.10 Å². The Kier molecular flexibility index (Phi) is 10.6. The average Bonchev–Trinajstić information content (AvgIpc) is 2.96. The Hall–Kier alpha value is -5.12. The van der Waals surface area contributed by atoms with Gasteiger partial charge in [0.2, 0.25) is 0 Å². The van der Waals surface area contributed by atoms with Gasteiger partial charge in [-0.15, -0.1) is 0 Å². The smallest absolute Gasteiger partial charge is 0.344 e. The van der Waals surface area contributed by atoms with Crippen LogP contribution in [0.1, 0.15) is 28.4 Å². The third-order valence-corrected chi connectivity index (χ3v) is 5.21. The van der Waals surface area contributed by atoms with Crippen LogP contribution in [-0.2, 0) is 14.3 Å². The molecule has 0 unspecified atom stereocenters. The number of nitrogens with zero attached hydrogens (tertiary/aromatic N) is 1. The Morgan fingerprint density at radius 1 is 0.872 bits per heavy atom. The second-order valence-electron chi connectivity index (χ2n) is 7.82. The fraction of sp³-hybridized carbons (Fsp3) is 0.172. The largest absolute Gasteiger partial charge is 0.497 e. The van der Waals surface area contributed by atoms with Crippen molar-refractivity contribution >= 4 is 30.1 Å². The molecule has 2 amide bonds. The maximum atomic E-state index is 13.2. The topological polar surface area (TPSA) is 125 Å². The minimum atomic E-state index is -0.690. The van der Waals surface area contributed by atoms with E-state index in [2.05, 4.69) is 15.8 Å². The van der Waals surface area contributed by atoms with E-state index in [1.54, 1.807) is 79.7 Å². The molecule has 39 heavy (non-hydrogen) atoms. The zero-order chi connectivity index (χ0) is 28.0. The summed E-state index contributed by atoms with van der Waals surface area (Å²) in [6, 6.07) is 20.4. The van der Waals surface area contributed by atoms with E-state index >= 15 is 0 Å². The highest BCUT2D eigenvalue weighted by Crippen LogP contribution is 2.26. The number of benzene rings is 3. The first-order valence-corrected chi connectivity index (χ1v) is 12.0. The van der Waals surface area contributed by atoms with Gasteiger partial charge in [-0.1, -0.05) is 30.3 Å². The van der Waals surface area contributed by atoms with E-state index in [4.69, 9.17) is 18.9 Å². The van der Waals surface area contributed by atoms with E-state index in [9.17, 15) is 14.4 Å². The number of para-hydroxylation sites is 1. The number of amides is 2. The van der Waals surface area contributed by atoms with Crippen LogP contribution in [0, 0.1) is 0 Å². The zero-order valence-corrected chi connectivity index (χ0v) is 21.8. The number of carbonyl (C=O) groups is 3. The molecule has 0 aliphatic carbocycles. The van der Waals surface area contributed by atoms with Gasteiger partial charge < -0.3 is 24.3 Å². The molecule has 0 bridgehead atoms. The molecule has 3 rings (SSSR count). The second kappa shape index (κ2) is 14.6. The quantitative estimate of drug-likeness (QED) is 0.158. The molecule has 0 atom stereocenters. The van der Waals surface area contributed by atoms with Crippen LogP contribution in [0.4, 0.5) is 0 Å². The Bertz CT molecular complexity index is 1350. The lowest BCUT2D eigenvalue weighted by Crippen LogP contribution is -2.32. The normalized spacial score (nSPS) is 11.0. The number of rotatable bonds is 12. The molecular weight excluding hydrogens is 502 g/mol. The molecule has 10 heteroatoms. The third kappa shape index (κ3) is 8.46. The van der Waals surface area contributed by atoms with Gasteiger partial charge in [0.15, 0.2) is 6.61 Å². The number of hydrogen-bond donors (Lipinski definition) is 2. The lowest BCUT2D eigenvalue weighted by molar-refractivity contribution is -0.145. The monoisotopic (exact) mass is 531 g/mol. The van der Waals surface area contributed by atoms with E-state index in [0.717, 1.165) is 0 Å². The van der Waals surface area contributed by atoms with Crippen LogP contribution in [0.3, 0.4) is 0 Å². The third-order valence-electron chi connectivity index (χ3n) is 5.21. The van der Waals surface area contributed by atoms with Crippen LogP contribution in [0.15, 0.2) is 83.6 Å². The first-order chi connectivity index (χ1) is 18.9. The van der Waals surface area contributed by atoms with Crippen molar-refractivity contribution in [3.8, 4) is 17.2 Å². The lowest BCUT2D eigenvalue weighted by Gasteiger charge is -2.12. The van der Waals surface area contributed by atoms with Crippen molar-refractivity contribution in [1.82, 2.24) is 10.7 Å². The van der Waals surface area contributed by atoms with Crippen molar-refractivity contribution in [2.45, 2.75) is 6.92 Å². The van der Waals surface area contributed by atoms with Gasteiger partial charge >= 0.3 is 5.97 Å².